The summed E-state index contributed by atoms with van der Waals surface area (Å²) in [5, 5.41) is 23.4. The number of rotatable bonds is 18. The summed E-state index contributed by atoms with van der Waals surface area (Å²) >= 11 is 0. The largest absolute Gasteiger partial charge is 0.379 e. The Labute approximate surface area is 366 Å². The molecular formula is C48H50N8O7. The number of anilines is 4. The van der Waals surface area contributed by atoms with Crippen LogP contribution in [0.4, 0.5) is 34.4 Å². The van der Waals surface area contributed by atoms with Crippen molar-refractivity contribution in [1.82, 2.24) is 19.8 Å². The fourth-order valence-corrected chi connectivity index (χ4v) is 7.27. The first kappa shape index (κ1) is 45.3. The number of pyridine rings is 2. The van der Waals surface area contributed by atoms with Crippen molar-refractivity contribution in [1.29, 1.82) is 0 Å². The second-order valence-corrected chi connectivity index (χ2v) is 14.9. The number of aromatic nitrogens is 2. The molecule has 0 spiro atoms. The Balaban J connectivity index is 0.000000211. The highest BCUT2D eigenvalue weighted by atomic mass is 16.6. The minimum absolute atomic E-state index is 0.0918. The Kier molecular flexibility index (Phi) is 16.3. The molecule has 15 nitrogen and oxygen atoms in total. The first-order valence-corrected chi connectivity index (χ1v) is 20.7. The fraction of sp³-hybridized carbons (Fsp3) is 0.250. The highest BCUT2D eigenvalue weighted by molar-refractivity contribution is 6.13. The third-order valence-corrected chi connectivity index (χ3v) is 10.3. The number of hydrogen-bond donors (Lipinski definition) is 0. The van der Waals surface area contributed by atoms with Gasteiger partial charge in [-0.25, -0.2) is 9.97 Å². The van der Waals surface area contributed by atoms with Crippen LogP contribution in [0.3, 0.4) is 0 Å². The highest BCUT2D eigenvalue weighted by Gasteiger charge is 2.27. The van der Waals surface area contributed by atoms with Crippen LogP contribution in [0, 0.1) is 20.2 Å². The zero-order valence-corrected chi connectivity index (χ0v) is 35.4. The SMILES string of the molecule is CN(C)CCCN(c1ccccc1C(=O)c1ccccc1)c1ncccc1[N+](=O)[O-].O=C(c1ccccc1)c1ccccc1N(CCCN1CCOCC1)c1ncccc1[N+](=O)[O-]. The van der Waals surface area contributed by atoms with Crippen molar-refractivity contribution in [2.45, 2.75) is 12.8 Å². The van der Waals surface area contributed by atoms with Crippen molar-refractivity contribution in [3.63, 3.8) is 0 Å². The van der Waals surface area contributed by atoms with Gasteiger partial charge >= 0.3 is 11.4 Å². The lowest BCUT2D eigenvalue weighted by Crippen LogP contribution is -2.38. The van der Waals surface area contributed by atoms with E-state index >= 15 is 0 Å². The van der Waals surface area contributed by atoms with Crippen molar-refractivity contribution in [3.8, 4) is 0 Å². The highest BCUT2D eigenvalue weighted by Crippen LogP contribution is 2.36. The van der Waals surface area contributed by atoms with Crippen LogP contribution in [-0.2, 0) is 4.74 Å². The molecule has 1 fully saturated rings. The number of ketones is 2. The quantitative estimate of drug-likeness (QED) is 0.0460. The van der Waals surface area contributed by atoms with Gasteiger partial charge in [0.2, 0.25) is 11.6 Å². The van der Waals surface area contributed by atoms with Gasteiger partial charge in [-0.15, -0.1) is 0 Å². The Morgan fingerprint density at radius 2 is 1.02 bits per heavy atom. The van der Waals surface area contributed by atoms with Crippen LogP contribution in [0.2, 0.25) is 0 Å². The van der Waals surface area contributed by atoms with E-state index in [4.69, 9.17) is 4.74 Å². The monoisotopic (exact) mass is 850 g/mol. The summed E-state index contributed by atoms with van der Waals surface area (Å²) in [5.41, 5.74) is 3.11. The normalized spacial score (nSPS) is 12.5. The summed E-state index contributed by atoms with van der Waals surface area (Å²) in [7, 11) is 3.95. The number of nitro groups is 2. The van der Waals surface area contributed by atoms with E-state index < -0.39 is 9.85 Å². The molecule has 1 aliphatic heterocycles. The average Bonchev–Trinajstić information content (AvgIpc) is 3.32. The number of carbonyl (C=O) groups excluding carboxylic acids is 2. The molecule has 0 N–H and O–H groups in total. The summed E-state index contributed by atoms with van der Waals surface area (Å²) in [5.74, 6) is 0.192. The maximum atomic E-state index is 13.3. The molecule has 3 heterocycles. The summed E-state index contributed by atoms with van der Waals surface area (Å²) in [6.45, 7) is 5.75. The number of nitrogens with zero attached hydrogens (tertiary/aromatic N) is 8. The molecule has 0 aliphatic carbocycles. The third kappa shape index (κ3) is 12.0. The van der Waals surface area contributed by atoms with Gasteiger partial charge in [-0.2, -0.15) is 0 Å². The minimum Gasteiger partial charge on any atom is -0.379 e. The molecular weight excluding hydrogens is 801 g/mol. The van der Waals surface area contributed by atoms with Gasteiger partial charge in [0.05, 0.1) is 34.4 Å². The van der Waals surface area contributed by atoms with E-state index in [0.717, 1.165) is 39.0 Å². The molecule has 15 heteroatoms. The number of benzene rings is 4. The zero-order chi connectivity index (χ0) is 44.6. The lowest BCUT2D eigenvalue weighted by molar-refractivity contribution is -0.384. The maximum Gasteiger partial charge on any atom is 0.311 e. The average molecular weight is 851 g/mol. The number of ether oxygens (including phenoxy) is 1. The van der Waals surface area contributed by atoms with Gasteiger partial charge < -0.3 is 19.4 Å². The number of para-hydroxylation sites is 2. The molecule has 0 radical (unpaired) electrons. The first-order valence-electron chi connectivity index (χ1n) is 20.7. The zero-order valence-electron chi connectivity index (χ0n) is 35.4. The molecule has 0 atom stereocenters. The molecule has 1 saturated heterocycles. The minimum atomic E-state index is -0.442. The molecule has 1 aliphatic rings. The van der Waals surface area contributed by atoms with E-state index in [-0.39, 0.29) is 34.6 Å². The molecule has 7 rings (SSSR count). The second-order valence-electron chi connectivity index (χ2n) is 14.9. The van der Waals surface area contributed by atoms with E-state index in [1.54, 1.807) is 76.7 Å². The summed E-state index contributed by atoms with van der Waals surface area (Å²) < 4.78 is 5.42. The Morgan fingerprint density at radius 1 is 0.587 bits per heavy atom. The van der Waals surface area contributed by atoms with E-state index in [2.05, 4.69) is 14.9 Å². The molecule has 6 aromatic rings. The van der Waals surface area contributed by atoms with Gasteiger partial charge in [-0.3, -0.25) is 34.7 Å². The fourth-order valence-electron chi connectivity index (χ4n) is 7.27. The number of morpholine rings is 1. The van der Waals surface area contributed by atoms with Crippen LogP contribution in [-0.4, -0.2) is 108 Å². The van der Waals surface area contributed by atoms with E-state index in [1.807, 2.05) is 79.7 Å². The van der Waals surface area contributed by atoms with Gasteiger partial charge in [0.25, 0.3) is 0 Å². The second kappa shape index (κ2) is 22.6. The van der Waals surface area contributed by atoms with Gasteiger partial charge in [-0.05, 0) is 69.9 Å². The smallest absolute Gasteiger partial charge is 0.311 e. The van der Waals surface area contributed by atoms with Crippen LogP contribution in [0.5, 0.6) is 0 Å². The lowest BCUT2D eigenvalue weighted by atomic mass is 10.0. The lowest BCUT2D eigenvalue weighted by Gasteiger charge is -2.29. The Bertz CT molecular complexity index is 2460. The summed E-state index contributed by atoms with van der Waals surface area (Å²) in [6.07, 6.45) is 4.57. The molecule has 2 aromatic heterocycles. The Morgan fingerprint density at radius 3 is 1.46 bits per heavy atom. The van der Waals surface area contributed by atoms with Gasteiger partial charge in [0.1, 0.15) is 0 Å². The van der Waals surface area contributed by atoms with Crippen LogP contribution in [0.15, 0.2) is 146 Å². The third-order valence-electron chi connectivity index (χ3n) is 10.3. The molecule has 4 aromatic carbocycles. The molecule has 0 unspecified atom stereocenters. The van der Waals surface area contributed by atoms with Crippen molar-refractivity contribution in [2.75, 3.05) is 76.4 Å². The summed E-state index contributed by atoms with van der Waals surface area (Å²) in [6, 6.07) is 38.4. The summed E-state index contributed by atoms with van der Waals surface area (Å²) in [4.78, 5) is 65.7. The number of hydrogen-bond acceptors (Lipinski definition) is 13. The van der Waals surface area contributed by atoms with Crippen LogP contribution in [0.25, 0.3) is 0 Å². The first-order chi connectivity index (χ1) is 30.6. The molecule has 0 saturated carbocycles. The molecule has 324 valence electrons. The van der Waals surface area contributed by atoms with Gasteiger partial charge in [-0.1, -0.05) is 84.9 Å². The predicted molar refractivity (Wildman–Crippen MR) is 243 cm³/mol. The standard InChI is InChI=1S/C25H26N4O4.C23H24N4O3/c30-24(20-8-2-1-3-9-20)21-10-4-5-11-22(21)28(15-7-14-27-16-18-33-19-17-27)25-23(29(31)32)12-6-13-26-25;1-25(2)16-9-17-26(23-21(27(29)30)14-8-15-24-23)20-13-7-6-12-19(20)22(28)18-10-4-3-5-11-18/h1-6,8-13H,7,14-19H2;3-8,10-15H,9,16-17H2,1-2H3. The molecule has 63 heavy (non-hydrogen) atoms. The van der Waals surface area contributed by atoms with Crippen molar-refractivity contribution < 1.29 is 24.2 Å². The van der Waals surface area contributed by atoms with Crippen LogP contribution in [0.1, 0.15) is 44.7 Å². The van der Waals surface area contributed by atoms with Crippen LogP contribution < -0.4 is 9.80 Å². The van der Waals surface area contributed by atoms with Gasteiger partial charge in [0, 0.05) is 79.5 Å². The van der Waals surface area contributed by atoms with E-state index in [9.17, 15) is 29.8 Å². The topological polar surface area (TPSA) is 168 Å². The van der Waals surface area contributed by atoms with Gasteiger partial charge in [0.15, 0.2) is 11.6 Å². The van der Waals surface area contributed by atoms with E-state index in [1.165, 1.54) is 18.3 Å². The number of carbonyl (C=O) groups is 2. The Hall–Kier alpha value is -7.20. The molecule has 0 amide bonds. The maximum absolute atomic E-state index is 13.3. The van der Waals surface area contributed by atoms with Crippen molar-refractivity contribution in [2.24, 2.45) is 0 Å². The molecule has 0 bridgehead atoms. The van der Waals surface area contributed by atoms with Crippen LogP contribution >= 0.6 is 0 Å². The van der Waals surface area contributed by atoms with Crippen molar-refractivity contribution >= 4 is 46.0 Å². The predicted octanol–water partition coefficient (Wildman–Crippen LogP) is 8.39. The van der Waals surface area contributed by atoms with Crippen molar-refractivity contribution in [3.05, 3.63) is 188 Å². The van der Waals surface area contributed by atoms with E-state index in [0.29, 0.717) is 59.9 Å².